The summed E-state index contributed by atoms with van der Waals surface area (Å²) in [5, 5.41) is 7.19. The van der Waals surface area contributed by atoms with Gasteiger partial charge in [-0.05, 0) is 67.1 Å². The Balaban J connectivity index is 1.64. The standard InChI is InChI=1S/C23H25FN4O/c1-14(2)19-13-21(27-26-19)23(29)28-10-4-5-22(28)20-12-17(11-15(3)25-20)16-6-8-18(24)9-7-16/h6-9,11-14,22H,4-5,10H2,1-3H3,(H,26,27)/t22-/m1/s1. The van der Waals surface area contributed by atoms with Crippen molar-refractivity contribution in [2.75, 3.05) is 6.54 Å². The van der Waals surface area contributed by atoms with Crippen LogP contribution in [0.25, 0.3) is 11.1 Å². The largest absolute Gasteiger partial charge is 0.329 e. The fourth-order valence-corrected chi connectivity index (χ4v) is 3.88. The van der Waals surface area contributed by atoms with Crippen LogP contribution < -0.4 is 0 Å². The van der Waals surface area contributed by atoms with Gasteiger partial charge in [0.2, 0.25) is 0 Å². The second kappa shape index (κ2) is 7.78. The van der Waals surface area contributed by atoms with Crippen molar-refractivity contribution in [3.63, 3.8) is 0 Å². The number of nitrogens with one attached hydrogen (secondary N) is 1. The number of amides is 1. The lowest BCUT2D eigenvalue weighted by Gasteiger charge is -2.24. The first kappa shape index (κ1) is 19.3. The van der Waals surface area contributed by atoms with Gasteiger partial charge in [-0.2, -0.15) is 5.10 Å². The maximum Gasteiger partial charge on any atom is 0.274 e. The molecule has 0 radical (unpaired) electrons. The molecule has 1 aliphatic heterocycles. The number of nitrogens with zero attached hydrogens (tertiary/aromatic N) is 3. The minimum absolute atomic E-state index is 0.0673. The maximum absolute atomic E-state index is 13.3. The third-order valence-electron chi connectivity index (χ3n) is 5.44. The molecule has 150 valence electrons. The number of carbonyl (C=O) groups is 1. The third-order valence-corrected chi connectivity index (χ3v) is 5.44. The number of halogens is 1. The molecule has 1 aliphatic rings. The fraction of sp³-hybridized carbons (Fsp3) is 0.348. The van der Waals surface area contributed by atoms with Gasteiger partial charge in [-0.1, -0.05) is 26.0 Å². The molecule has 0 aliphatic carbocycles. The summed E-state index contributed by atoms with van der Waals surface area (Å²) in [4.78, 5) is 19.7. The van der Waals surface area contributed by atoms with E-state index in [1.165, 1.54) is 12.1 Å². The Bertz CT molecular complexity index is 1030. The highest BCUT2D eigenvalue weighted by atomic mass is 19.1. The summed E-state index contributed by atoms with van der Waals surface area (Å²) in [6.07, 6.45) is 1.80. The summed E-state index contributed by atoms with van der Waals surface area (Å²) in [6, 6.07) is 12.2. The minimum atomic E-state index is -0.257. The number of hydrogen-bond donors (Lipinski definition) is 1. The SMILES string of the molecule is Cc1cc(-c2ccc(F)cc2)cc([C@H]2CCCN2C(=O)c2cc(C(C)C)[nH]n2)n1. The Morgan fingerprint density at radius 2 is 1.93 bits per heavy atom. The number of aromatic amines is 1. The van der Waals surface area contributed by atoms with Gasteiger partial charge in [0, 0.05) is 17.9 Å². The van der Waals surface area contributed by atoms with Gasteiger partial charge in [0.25, 0.3) is 5.91 Å². The van der Waals surface area contributed by atoms with E-state index in [4.69, 9.17) is 4.98 Å². The van der Waals surface area contributed by atoms with Crippen molar-refractivity contribution in [2.24, 2.45) is 0 Å². The van der Waals surface area contributed by atoms with Gasteiger partial charge in [-0.3, -0.25) is 14.9 Å². The van der Waals surface area contributed by atoms with Gasteiger partial charge < -0.3 is 4.90 Å². The van der Waals surface area contributed by atoms with E-state index in [1.54, 1.807) is 12.1 Å². The molecule has 5 nitrogen and oxygen atoms in total. The molecule has 1 fully saturated rings. The molecule has 0 saturated carbocycles. The highest BCUT2D eigenvalue weighted by Gasteiger charge is 2.33. The highest BCUT2D eigenvalue weighted by Crippen LogP contribution is 2.34. The molecule has 3 aromatic rings. The van der Waals surface area contributed by atoms with Crippen molar-refractivity contribution >= 4 is 5.91 Å². The first-order chi connectivity index (χ1) is 13.9. The average Bonchev–Trinajstić information content (AvgIpc) is 3.37. The number of benzene rings is 1. The number of aromatic nitrogens is 3. The normalized spacial score (nSPS) is 16.6. The Hall–Kier alpha value is -3.02. The van der Waals surface area contributed by atoms with Crippen LogP contribution in [0.4, 0.5) is 4.39 Å². The molecule has 1 saturated heterocycles. The van der Waals surface area contributed by atoms with E-state index in [1.807, 2.05) is 30.0 Å². The van der Waals surface area contributed by atoms with Crippen LogP contribution >= 0.6 is 0 Å². The molecule has 0 unspecified atom stereocenters. The van der Waals surface area contributed by atoms with E-state index < -0.39 is 0 Å². The van der Waals surface area contributed by atoms with Crippen LogP contribution in [0.5, 0.6) is 0 Å². The average molecular weight is 392 g/mol. The minimum Gasteiger partial charge on any atom is -0.329 e. The monoisotopic (exact) mass is 392 g/mol. The lowest BCUT2D eigenvalue weighted by atomic mass is 10.0. The van der Waals surface area contributed by atoms with Crippen LogP contribution in [-0.2, 0) is 0 Å². The molecule has 3 heterocycles. The molecular weight excluding hydrogens is 367 g/mol. The van der Waals surface area contributed by atoms with Crippen LogP contribution in [0.2, 0.25) is 0 Å². The summed E-state index contributed by atoms with van der Waals surface area (Å²) in [6.45, 7) is 6.76. The van der Waals surface area contributed by atoms with E-state index in [0.29, 0.717) is 12.2 Å². The summed E-state index contributed by atoms with van der Waals surface area (Å²) in [5.41, 5.74) is 5.07. The molecule has 1 N–H and O–H groups in total. The molecule has 29 heavy (non-hydrogen) atoms. The molecule has 0 bridgehead atoms. The van der Waals surface area contributed by atoms with Crippen LogP contribution in [0.3, 0.4) is 0 Å². The second-order valence-electron chi connectivity index (χ2n) is 7.95. The van der Waals surface area contributed by atoms with Gasteiger partial charge in [-0.15, -0.1) is 0 Å². The van der Waals surface area contributed by atoms with E-state index in [0.717, 1.165) is 41.1 Å². The summed E-state index contributed by atoms with van der Waals surface area (Å²) in [7, 11) is 0. The number of rotatable bonds is 4. The first-order valence-corrected chi connectivity index (χ1v) is 10.0. The van der Waals surface area contributed by atoms with E-state index in [9.17, 15) is 9.18 Å². The lowest BCUT2D eigenvalue weighted by molar-refractivity contribution is 0.0727. The first-order valence-electron chi connectivity index (χ1n) is 10.0. The third kappa shape index (κ3) is 3.92. The van der Waals surface area contributed by atoms with Gasteiger partial charge in [0.15, 0.2) is 0 Å². The highest BCUT2D eigenvalue weighted by molar-refractivity contribution is 5.93. The number of aryl methyl sites for hydroxylation is 1. The fourth-order valence-electron chi connectivity index (χ4n) is 3.88. The number of likely N-dealkylation sites (tertiary alicyclic amines) is 1. The summed E-state index contributed by atoms with van der Waals surface area (Å²) < 4.78 is 13.3. The van der Waals surface area contributed by atoms with Crippen molar-refractivity contribution < 1.29 is 9.18 Å². The second-order valence-corrected chi connectivity index (χ2v) is 7.95. The topological polar surface area (TPSA) is 61.9 Å². The van der Waals surface area contributed by atoms with Crippen LogP contribution in [-0.4, -0.2) is 32.5 Å². The van der Waals surface area contributed by atoms with Gasteiger partial charge in [0.05, 0.1) is 11.7 Å². The Labute approximate surface area is 170 Å². The number of pyridine rings is 1. The van der Waals surface area contributed by atoms with E-state index in [-0.39, 0.29) is 23.7 Å². The Morgan fingerprint density at radius 3 is 2.62 bits per heavy atom. The zero-order valence-corrected chi connectivity index (χ0v) is 16.9. The Morgan fingerprint density at radius 1 is 1.17 bits per heavy atom. The number of carbonyl (C=O) groups excluding carboxylic acids is 1. The van der Waals surface area contributed by atoms with Crippen LogP contribution in [0.15, 0.2) is 42.5 Å². The van der Waals surface area contributed by atoms with Crippen molar-refractivity contribution in [1.29, 1.82) is 0 Å². The van der Waals surface area contributed by atoms with Gasteiger partial charge in [-0.25, -0.2) is 4.39 Å². The van der Waals surface area contributed by atoms with Gasteiger partial charge in [0.1, 0.15) is 11.5 Å². The number of hydrogen-bond acceptors (Lipinski definition) is 3. The van der Waals surface area contributed by atoms with Crippen molar-refractivity contribution in [3.8, 4) is 11.1 Å². The molecule has 4 rings (SSSR count). The van der Waals surface area contributed by atoms with Crippen molar-refractivity contribution in [1.82, 2.24) is 20.1 Å². The predicted molar refractivity (Wildman–Crippen MR) is 110 cm³/mol. The van der Waals surface area contributed by atoms with Gasteiger partial charge >= 0.3 is 0 Å². The maximum atomic E-state index is 13.3. The zero-order valence-electron chi connectivity index (χ0n) is 16.9. The molecular formula is C23H25FN4O. The predicted octanol–water partition coefficient (Wildman–Crippen LogP) is 5.02. The molecule has 1 atom stereocenters. The molecule has 1 aromatic carbocycles. The molecule has 6 heteroatoms. The molecule has 0 spiro atoms. The van der Waals surface area contributed by atoms with E-state index in [2.05, 4.69) is 24.0 Å². The van der Waals surface area contributed by atoms with Crippen LogP contribution in [0.1, 0.15) is 66.2 Å². The summed E-state index contributed by atoms with van der Waals surface area (Å²) in [5.74, 6) is -0.0375. The lowest BCUT2D eigenvalue weighted by Crippen LogP contribution is -2.31. The van der Waals surface area contributed by atoms with Crippen molar-refractivity contribution in [2.45, 2.75) is 45.6 Å². The molecule has 2 aromatic heterocycles. The van der Waals surface area contributed by atoms with Crippen molar-refractivity contribution in [3.05, 3.63) is 71.1 Å². The number of H-pyrrole nitrogens is 1. The summed E-state index contributed by atoms with van der Waals surface area (Å²) >= 11 is 0. The smallest absolute Gasteiger partial charge is 0.274 e. The Kier molecular flexibility index (Phi) is 5.18. The van der Waals surface area contributed by atoms with Crippen LogP contribution in [0, 0.1) is 12.7 Å². The quantitative estimate of drug-likeness (QED) is 0.678. The zero-order chi connectivity index (χ0) is 20.5. The molecule has 1 amide bonds. The van der Waals surface area contributed by atoms with E-state index >= 15 is 0 Å².